The van der Waals surface area contributed by atoms with Gasteiger partial charge in [-0.15, -0.1) is 0 Å². The first-order valence-electron chi connectivity index (χ1n) is 6.98. The van der Waals surface area contributed by atoms with E-state index in [4.69, 9.17) is 4.74 Å². The second-order valence-electron chi connectivity index (χ2n) is 5.02. The summed E-state index contributed by atoms with van der Waals surface area (Å²) >= 11 is 0. The van der Waals surface area contributed by atoms with Gasteiger partial charge in [-0.05, 0) is 17.5 Å². The molecule has 0 atom stereocenters. The van der Waals surface area contributed by atoms with Gasteiger partial charge in [0.2, 0.25) is 5.88 Å². The lowest BCUT2D eigenvalue weighted by atomic mass is 10.2. The third kappa shape index (κ3) is 4.51. The van der Waals surface area contributed by atoms with Crippen LogP contribution in [0, 0.1) is 0 Å². The summed E-state index contributed by atoms with van der Waals surface area (Å²) < 4.78 is 46.0. The van der Waals surface area contributed by atoms with Crippen molar-refractivity contribution < 1.29 is 27.4 Å². The largest absolute Gasteiger partial charge is 0.468 e. The molecule has 0 N–H and O–H groups in total. The topological polar surface area (TPSA) is 51.7 Å². The van der Waals surface area contributed by atoms with Gasteiger partial charge in [0.15, 0.2) is 6.61 Å². The molecule has 0 unspecified atom stereocenters. The van der Waals surface area contributed by atoms with E-state index in [1.807, 2.05) is 6.92 Å². The number of ether oxygens (including phenoxy) is 2. The molecule has 0 spiro atoms. The predicted octanol–water partition coefficient (Wildman–Crippen LogP) is 3.28. The first-order chi connectivity index (χ1) is 10.4. The Hall–Kier alpha value is -1.99. The van der Waals surface area contributed by atoms with Gasteiger partial charge in [0, 0.05) is 18.8 Å². The molecule has 0 aliphatic carbocycles. The lowest BCUT2D eigenvalue weighted by molar-refractivity contribution is -0.154. The van der Waals surface area contributed by atoms with E-state index < -0.39 is 18.9 Å². The van der Waals surface area contributed by atoms with E-state index in [2.05, 4.69) is 9.72 Å². The van der Waals surface area contributed by atoms with Crippen LogP contribution >= 0.6 is 0 Å². The molecule has 0 bridgehead atoms. The van der Waals surface area contributed by atoms with Crippen molar-refractivity contribution in [3.05, 3.63) is 23.4 Å². The van der Waals surface area contributed by atoms with Crippen LogP contribution < -0.4 is 4.74 Å². The average Bonchev–Trinajstić information content (AvgIpc) is 2.87. The van der Waals surface area contributed by atoms with E-state index in [1.165, 1.54) is 17.2 Å². The molecule has 1 aliphatic rings. The first kappa shape index (κ1) is 16.4. The Morgan fingerprint density at radius 3 is 2.77 bits per heavy atom. The Morgan fingerprint density at radius 1 is 1.36 bits per heavy atom. The summed E-state index contributed by atoms with van der Waals surface area (Å²) in [6, 6.07) is 1.43. The van der Waals surface area contributed by atoms with E-state index in [1.54, 1.807) is 0 Å². The third-order valence-electron chi connectivity index (χ3n) is 3.15. The van der Waals surface area contributed by atoms with Crippen LogP contribution in [-0.2, 0) is 17.8 Å². The van der Waals surface area contributed by atoms with Gasteiger partial charge in [-0.2, -0.15) is 13.2 Å². The number of fused-ring (bicyclic) bond motifs is 1. The maximum Gasteiger partial charge on any atom is 0.422 e. The van der Waals surface area contributed by atoms with Crippen molar-refractivity contribution in [1.82, 2.24) is 9.88 Å². The summed E-state index contributed by atoms with van der Waals surface area (Å²) in [5, 5.41) is 0. The molecule has 0 aromatic carbocycles. The van der Waals surface area contributed by atoms with Crippen LogP contribution in [0.4, 0.5) is 18.0 Å². The summed E-state index contributed by atoms with van der Waals surface area (Å²) in [4.78, 5) is 17.1. The van der Waals surface area contributed by atoms with Gasteiger partial charge in [-0.25, -0.2) is 9.78 Å². The summed E-state index contributed by atoms with van der Waals surface area (Å²) in [5.74, 6) is -0.0997. The van der Waals surface area contributed by atoms with E-state index in [0.29, 0.717) is 13.2 Å². The fraction of sp³-hybridized carbons (Fsp3) is 0.571. The fourth-order valence-corrected chi connectivity index (χ4v) is 2.02. The molecule has 1 aromatic rings. The monoisotopic (exact) mass is 318 g/mol. The van der Waals surface area contributed by atoms with Crippen molar-refractivity contribution in [1.29, 1.82) is 0 Å². The standard InChI is InChI=1S/C14H17F3N2O3/c1-2-3-4-21-13(20)19-7-10-5-12(18-6-11(10)8-19)22-9-14(15,16)17/h5-6H,2-4,7-9H2,1H3. The van der Waals surface area contributed by atoms with Gasteiger partial charge in [0.1, 0.15) is 0 Å². The van der Waals surface area contributed by atoms with E-state index in [-0.39, 0.29) is 12.4 Å². The van der Waals surface area contributed by atoms with Gasteiger partial charge in [-0.3, -0.25) is 4.90 Å². The van der Waals surface area contributed by atoms with E-state index in [9.17, 15) is 18.0 Å². The third-order valence-corrected chi connectivity index (χ3v) is 3.15. The Morgan fingerprint density at radius 2 is 2.09 bits per heavy atom. The zero-order chi connectivity index (χ0) is 16.2. The molecule has 0 saturated heterocycles. The van der Waals surface area contributed by atoms with Crippen molar-refractivity contribution in [3.63, 3.8) is 0 Å². The molecular formula is C14H17F3N2O3. The number of halogens is 3. The van der Waals surface area contributed by atoms with Gasteiger partial charge >= 0.3 is 12.3 Å². The maximum atomic E-state index is 12.1. The number of pyridine rings is 1. The van der Waals surface area contributed by atoms with Gasteiger partial charge in [-0.1, -0.05) is 13.3 Å². The number of aromatic nitrogens is 1. The van der Waals surface area contributed by atoms with Crippen LogP contribution in [-0.4, -0.2) is 35.4 Å². The van der Waals surface area contributed by atoms with Crippen molar-refractivity contribution in [3.8, 4) is 5.88 Å². The lowest BCUT2D eigenvalue weighted by Gasteiger charge is -2.14. The van der Waals surface area contributed by atoms with Crippen LogP contribution in [0.2, 0.25) is 0 Å². The second kappa shape index (κ2) is 6.85. The van der Waals surface area contributed by atoms with Crippen molar-refractivity contribution in [2.75, 3.05) is 13.2 Å². The van der Waals surface area contributed by atoms with Crippen molar-refractivity contribution >= 4 is 6.09 Å². The van der Waals surface area contributed by atoms with Crippen molar-refractivity contribution in [2.45, 2.75) is 39.0 Å². The first-order valence-corrected chi connectivity index (χ1v) is 6.98. The Bertz CT molecular complexity index is 535. The normalized spacial score (nSPS) is 13.9. The number of carbonyl (C=O) groups excluding carboxylic acids is 1. The number of rotatable bonds is 5. The smallest absolute Gasteiger partial charge is 0.422 e. The molecule has 1 aliphatic heterocycles. The number of unbranched alkanes of at least 4 members (excludes halogenated alkanes) is 1. The highest BCUT2D eigenvalue weighted by Gasteiger charge is 2.29. The molecule has 0 saturated carbocycles. The summed E-state index contributed by atoms with van der Waals surface area (Å²) in [6.07, 6.45) is -1.68. The van der Waals surface area contributed by atoms with Crippen molar-refractivity contribution in [2.24, 2.45) is 0 Å². The SMILES string of the molecule is CCCCOC(=O)N1Cc2cnc(OCC(F)(F)F)cc2C1. The number of nitrogens with zero attached hydrogens (tertiary/aromatic N) is 2. The van der Waals surface area contributed by atoms with Crippen LogP contribution in [0.5, 0.6) is 5.88 Å². The maximum absolute atomic E-state index is 12.1. The van der Waals surface area contributed by atoms with Crippen LogP contribution in [0.25, 0.3) is 0 Å². The minimum Gasteiger partial charge on any atom is -0.468 e. The van der Waals surface area contributed by atoms with Gasteiger partial charge in [0.05, 0.1) is 13.2 Å². The zero-order valence-corrected chi connectivity index (χ0v) is 12.2. The molecule has 8 heteroatoms. The quantitative estimate of drug-likeness (QED) is 0.782. The summed E-state index contributed by atoms with van der Waals surface area (Å²) in [7, 11) is 0. The number of alkyl halides is 3. The molecule has 22 heavy (non-hydrogen) atoms. The zero-order valence-electron chi connectivity index (χ0n) is 12.2. The number of hydrogen-bond acceptors (Lipinski definition) is 4. The molecule has 2 heterocycles. The van der Waals surface area contributed by atoms with Gasteiger partial charge in [0.25, 0.3) is 0 Å². The van der Waals surface area contributed by atoms with Gasteiger partial charge < -0.3 is 9.47 Å². The fourth-order valence-electron chi connectivity index (χ4n) is 2.02. The highest BCUT2D eigenvalue weighted by atomic mass is 19.4. The Balaban J connectivity index is 1.92. The molecule has 5 nitrogen and oxygen atoms in total. The lowest BCUT2D eigenvalue weighted by Crippen LogP contribution is -2.26. The number of amides is 1. The summed E-state index contributed by atoms with van der Waals surface area (Å²) in [5.41, 5.74) is 1.51. The highest BCUT2D eigenvalue weighted by Crippen LogP contribution is 2.26. The predicted molar refractivity (Wildman–Crippen MR) is 71.3 cm³/mol. The molecule has 122 valence electrons. The minimum absolute atomic E-state index is 0.0997. The molecule has 0 fully saturated rings. The Labute approximate surface area is 126 Å². The average molecular weight is 318 g/mol. The molecule has 1 aromatic heterocycles. The summed E-state index contributed by atoms with van der Waals surface area (Å²) in [6.45, 7) is 1.59. The molecule has 0 radical (unpaired) electrons. The van der Waals surface area contributed by atoms with Crippen LogP contribution in [0.1, 0.15) is 30.9 Å². The second-order valence-corrected chi connectivity index (χ2v) is 5.02. The highest BCUT2D eigenvalue weighted by molar-refractivity contribution is 5.68. The van der Waals surface area contributed by atoms with Crippen LogP contribution in [0.15, 0.2) is 12.3 Å². The molecular weight excluding hydrogens is 301 g/mol. The molecule has 2 rings (SSSR count). The number of hydrogen-bond donors (Lipinski definition) is 0. The van der Waals surface area contributed by atoms with E-state index >= 15 is 0 Å². The minimum atomic E-state index is -4.41. The molecule has 1 amide bonds. The number of carbonyl (C=O) groups is 1. The van der Waals surface area contributed by atoms with Crippen LogP contribution in [0.3, 0.4) is 0 Å². The Kier molecular flexibility index (Phi) is 5.10. The van der Waals surface area contributed by atoms with E-state index in [0.717, 1.165) is 24.0 Å².